The molecular weight excluding hydrogens is 430 g/mol. The summed E-state index contributed by atoms with van der Waals surface area (Å²) in [6, 6.07) is 9.76. The van der Waals surface area contributed by atoms with E-state index in [4.69, 9.17) is 9.47 Å². The zero-order valence-corrected chi connectivity index (χ0v) is 19.5. The molecule has 1 aliphatic rings. The third-order valence-corrected chi connectivity index (χ3v) is 6.44. The Labute approximate surface area is 192 Å². The van der Waals surface area contributed by atoms with Crippen molar-refractivity contribution in [3.05, 3.63) is 41.5 Å². The number of hydrogen-bond acceptors (Lipinski definition) is 7. The highest BCUT2D eigenvalue weighted by Gasteiger charge is 2.26. The Morgan fingerprint density at radius 3 is 2.28 bits per heavy atom. The van der Waals surface area contributed by atoms with Gasteiger partial charge in [0.15, 0.2) is 0 Å². The molecule has 2 heterocycles. The molecule has 32 heavy (non-hydrogen) atoms. The van der Waals surface area contributed by atoms with Gasteiger partial charge in [-0.1, -0.05) is 30.3 Å². The van der Waals surface area contributed by atoms with Gasteiger partial charge in [0, 0.05) is 31.1 Å². The van der Waals surface area contributed by atoms with Gasteiger partial charge in [-0.05, 0) is 31.9 Å². The molecule has 0 atom stereocenters. The number of carbonyl (C=O) groups is 3. The number of piperazine rings is 1. The average molecular weight is 460 g/mol. The van der Waals surface area contributed by atoms with Crippen LogP contribution in [-0.4, -0.2) is 73.7 Å². The van der Waals surface area contributed by atoms with E-state index in [0.29, 0.717) is 43.4 Å². The molecule has 9 heteroatoms. The number of esters is 1. The van der Waals surface area contributed by atoms with Crippen LogP contribution < -0.4 is 5.32 Å². The smallest absolute Gasteiger partial charge is 0.409 e. The molecule has 172 valence electrons. The van der Waals surface area contributed by atoms with E-state index < -0.39 is 5.97 Å². The van der Waals surface area contributed by atoms with Crippen LogP contribution >= 0.6 is 11.3 Å². The van der Waals surface area contributed by atoms with Crippen molar-refractivity contribution >= 4 is 34.3 Å². The predicted octanol–water partition coefficient (Wildman–Crippen LogP) is 3.61. The topological polar surface area (TPSA) is 88.2 Å². The van der Waals surface area contributed by atoms with Crippen molar-refractivity contribution in [3.8, 4) is 10.4 Å². The Morgan fingerprint density at radius 1 is 1.00 bits per heavy atom. The first-order chi connectivity index (χ1) is 15.4. The number of hydrogen-bond donors (Lipinski definition) is 1. The maximum absolute atomic E-state index is 12.8. The van der Waals surface area contributed by atoms with Gasteiger partial charge >= 0.3 is 12.1 Å². The minimum atomic E-state index is -0.443. The van der Waals surface area contributed by atoms with Crippen LogP contribution in [0.4, 0.5) is 9.80 Å². The maximum atomic E-state index is 12.8. The molecule has 1 aromatic carbocycles. The van der Waals surface area contributed by atoms with Gasteiger partial charge < -0.3 is 19.7 Å². The molecule has 0 radical (unpaired) electrons. The fraction of sp³-hybridized carbons (Fsp3) is 0.435. The Morgan fingerprint density at radius 2 is 1.66 bits per heavy atom. The zero-order chi connectivity index (χ0) is 23.1. The fourth-order valence-electron chi connectivity index (χ4n) is 3.59. The summed E-state index contributed by atoms with van der Waals surface area (Å²) in [4.78, 5) is 41.8. The van der Waals surface area contributed by atoms with Crippen molar-refractivity contribution in [2.75, 3.05) is 51.3 Å². The van der Waals surface area contributed by atoms with E-state index >= 15 is 0 Å². The van der Waals surface area contributed by atoms with Gasteiger partial charge in [0.2, 0.25) is 5.91 Å². The lowest BCUT2D eigenvalue weighted by Gasteiger charge is -2.33. The van der Waals surface area contributed by atoms with E-state index in [1.165, 1.54) is 11.3 Å². The SMILES string of the molecule is CCOC(=O)c1c(NC(=O)CN2CCN(C(=O)OCC)CC2)sc(-c2ccccc2)c1C. The highest BCUT2D eigenvalue weighted by molar-refractivity contribution is 7.20. The summed E-state index contributed by atoms with van der Waals surface area (Å²) in [5.41, 5.74) is 2.17. The molecule has 1 fully saturated rings. The lowest BCUT2D eigenvalue weighted by Crippen LogP contribution is -2.50. The first-order valence-electron chi connectivity index (χ1n) is 10.7. The van der Waals surface area contributed by atoms with Gasteiger partial charge in [-0.15, -0.1) is 11.3 Å². The molecule has 1 aliphatic heterocycles. The van der Waals surface area contributed by atoms with Gasteiger partial charge in [0.05, 0.1) is 25.3 Å². The van der Waals surface area contributed by atoms with Crippen molar-refractivity contribution < 1.29 is 23.9 Å². The quantitative estimate of drug-likeness (QED) is 0.637. The van der Waals surface area contributed by atoms with Crippen LogP contribution in [0.2, 0.25) is 0 Å². The molecular formula is C23H29N3O5S. The van der Waals surface area contributed by atoms with E-state index in [2.05, 4.69) is 5.32 Å². The third kappa shape index (κ3) is 5.66. The molecule has 1 N–H and O–H groups in total. The number of carbonyl (C=O) groups excluding carboxylic acids is 3. The number of rotatable bonds is 7. The fourth-order valence-corrected chi connectivity index (χ4v) is 4.80. The van der Waals surface area contributed by atoms with Gasteiger partial charge in [0.25, 0.3) is 0 Å². The standard InChI is InChI=1S/C23H29N3O5S/c1-4-30-22(28)19-16(3)20(17-9-7-6-8-10-17)32-21(19)24-18(27)15-25-11-13-26(14-12-25)23(29)31-5-2/h6-10H,4-5,11-15H2,1-3H3,(H,24,27). The van der Waals surface area contributed by atoms with Crippen molar-refractivity contribution in [2.45, 2.75) is 20.8 Å². The van der Waals surface area contributed by atoms with Crippen molar-refractivity contribution in [1.82, 2.24) is 9.80 Å². The number of nitrogens with zero attached hydrogens (tertiary/aromatic N) is 2. The van der Waals surface area contributed by atoms with Crippen LogP contribution in [-0.2, 0) is 14.3 Å². The lowest BCUT2D eigenvalue weighted by atomic mass is 10.1. The van der Waals surface area contributed by atoms with Crippen LogP contribution in [0.5, 0.6) is 0 Å². The van der Waals surface area contributed by atoms with Crippen LogP contribution in [0.15, 0.2) is 30.3 Å². The van der Waals surface area contributed by atoms with Crippen molar-refractivity contribution in [2.24, 2.45) is 0 Å². The molecule has 0 aliphatic carbocycles. The average Bonchev–Trinajstić information content (AvgIpc) is 3.10. The summed E-state index contributed by atoms with van der Waals surface area (Å²) in [5.74, 6) is -0.650. The molecule has 1 saturated heterocycles. The molecule has 0 unspecified atom stereocenters. The Balaban J connectivity index is 1.70. The second kappa shape index (κ2) is 11.1. The predicted molar refractivity (Wildman–Crippen MR) is 124 cm³/mol. The number of ether oxygens (including phenoxy) is 2. The zero-order valence-electron chi connectivity index (χ0n) is 18.7. The van der Waals surface area contributed by atoms with Crippen LogP contribution in [0.1, 0.15) is 29.8 Å². The number of benzene rings is 1. The largest absolute Gasteiger partial charge is 0.462 e. The van der Waals surface area contributed by atoms with E-state index in [1.54, 1.807) is 18.7 Å². The molecule has 8 nitrogen and oxygen atoms in total. The Kier molecular flexibility index (Phi) is 8.24. The second-order valence-electron chi connectivity index (χ2n) is 7.36. The monoisotopic (exact) mass is 459 g/mol. The van der Waals surface area contributed by atoms with Crippen molar-refractivity contribution in [1.29, 1.82) is 0 Å². The summed E-state index contributed by atoms with van der Waals surface area (Å²) in [6.45, 7) is 8.36. The Hall–Kier alpha value is -2.91. The molecule has 2 aromatic rings. The van der Waals surface area contributed by atoms with Crippen LogP contribution in [0.25, 0.3) is 10.4 Å². The third-order valence-electron chi connectivity index (χ3n) is 5.18. The molecule has 0 spiro atoms. The molecule has 3 rings (SSSR count). The second-order valence-corrected chi connectivity index (χ2v) is 8.38. The van der Waals surface area contributed by atoms with Crippen molar-refractivity contribution in [3.63, 3.8) is 0 Å². The highest BCUT2D eigenvalue weighted by Crippen LogP contribution is 2.40. The van der Waals surface area contributed by atoms with E-state index in [9.17, 15) is 14.4 Å². The number of anilines is 1. The van der Waals surface area contributed by atoms with Crippen LogP contribution in [0, 0.1) is 6.92 Å². The maximum Gasteiger partial charge on any atom is 0.409 e. The molecule has 0 bridgehead atoms. The summed E-state index contributed by atoms with van der Waals surface area (Å²) >= 11 is 1.37. The molecule has 1 aromatic heterocycles. The summed E-state index contributed by atoms with van der Waals surface area (Å²) in [7, 11) is 0. The highest BCUT2D eigenvalue weighted by atomic mass is 32.1. The minimum absolute atomic E-state index is 0.177. The summed E-state index contributed by atoms with van der Waals surface area (Å²) in [5, 5.41) is 3.41. The van der Waals surface area contributed by atoms with Gasteiger partial charge in [0.1, 0.15) is 5.00 Å². The minimum Gasteiger partial charge on any atom is -0.462 e. The number of thiophene rings is 1. The first-order valence-corrected chi connectivity index (χ1v) is 11.6. The van der Waals surface area contributed by atoms with Gasteiger partial charge in [-0.25, -0.2) is 9.59 Å². The molecule has 2 amide bonds. The van der Waals surface area contributed by atoms with Gasteiger partial charge in [-0.2, -0.15) is 0 Å². The lowest BCUT2D eigenvalue weighted by molar-refractivity contribution is -0.117. The number of amides is 2. The summed E-state index contributed by atoms with van der Waals surface area (Å²) in [6.07, 6.45) is -0.321. The number of nitrogens with one attached hydrogen (secondary N) is 1. The molecule has 0 saturated carbocycles. The first kappa shape index (κ1) is 23.7. The van der Waals surface area contributed by atoms with E-state index in [1.807, 2.05) is 42.2 Å². The van der Waals surface area contributed by atoms with E-state index in [-0.39, 0.29) is 25.2 Å². The van der Waals surface area contributed by atoms with E-state index in [0.717, 1.165) is 16.0 Å². The Bertz CT molecular complexity index is 952. The van der Waals surface area contributed by atoms with Crippen LogP contribution in [0.3, 0.4) is 0 Å². The normalized spacial score (nSPS) is 14.2. The van der Waals surface area contributed by atoms with Gasteiger partial charge in [-0.3, -0.25) is 9.69 Å². The summed E-state index contributed by atoms with van der Waals surface area (Å²) < 4.78 is 10.3.